The Morgan fingerprint density at radius 1 is 1.57 bits per heavy atom. The monoisotopic (exact) mass is 315 g/mol. The number of amides is 2. The molecule has 0 radical (unpaired) electrons. The average Bonchev–Trinajstić information content (AvgIpc) is 3.01. The normalized spacial score (nSPS) is 21.7. The highest BCUT2D eigenvalue weighted by molar-refractivity contribution is 6.29. The van der Waals surface area contributed by atoms with E-state index in [0.717, 1.165) is 0 Å². The molecule has 7 nitrogen and oxygen atoms in total. The van der Waals surface area contributed by atoms with Gasteiger partial charge in [0, 0.05) is 51.4 Å². The van der Waals surface area contributed by atoms with Gasteiger partial charge in [0.1, 0.15) is 5.76 Å². The van der Waals surface area contributed by atoms with Crippen LogP contribution in [0.4, 0.5) is 0 Å². The quantitative estimate of drug-likeness (QED) is 0.829. The Morgan fingerprint density at radius 3 is 2.90 bits per heavy atom. The number of ether oxygens (including phenoxy) is 1. The van der Waals surface area contributed by atoms with E-state index in [1.807, 2.05) is 0 Å². The minimum absolute atomic E-state index is 0.0171. The van der Waals surface area contributed by atoms with Crippen LogP contribution in [0.5, 0.6) is 0 Å². The van der Waals surface area contributed by atoms with E-state index in [2.05, 4.69) is 5.16 Å². The highest BCUT2D eigenvalue weighted by Crippen LogP contribution is 2.23. The average molecular weight is 316 g/mol. The zero-order valence-corrected chi connectivity index (χ0v) is 12.5. The lowest BCUT2D eigenvalue weighted by atomic mass is 10.0. The molecule has 2 atom stereocenters. The third-order valence-corrected chi connectivity index (χ3v) is 3.79. The van der Waals surface area contributed by atoms with E-state index < -0.39 is 0 Å². The molecule has 21 heavy (non-hydrogen) atoms. The second kappa shape index (κ2) is 6.91. The number of aryl methyl sites for hydroxylation is 1. The molecule has 0 spiro atoms. The number of methoxy groups -OCH3 is 1. The van der Waals surface area contributed by atoms with Gasteiger partial charge in [0.15, 0.2) is 5.15 Å². The number of nitrogens with zero attached hydrogens (tertiary/aromatic N) is 2. The molecule has 1 aromatic heterocycles. The fourth-order valence-corrected chi connectivity index (χ4v) is 2.72. The van der Waals surface area contributed by atoms with Crippen LogP contribution >= 0.6 is 11.6 Å². The van der Waals surface area contributed by atoms with Gasteiger partial charge in [0.25, 0.3) is 0 Å². The summed E-state index contributed by atoms with van der Waals surface area (Å²) in [6, 6.07) is 1.59. The van der Waals surface area contributed by atoms with Gasteiger partial charge in [-0.2, -0.15) is 0 Å². The van der Waals surface area contributed by atoms with E-state index in [1.54, 1.807) is 18.1 Å². The van der Waals surface area contributed by atoms with E-state index in [4.69, 9.17) is 26.6 Å². The van der Waals surface area contributed by atoms with Crippen LogP contribution in [0.15, 0.2) is 10.6 Å². The van der Waals surface area contributed by atoms with E-state index in [0.29, 0.717) is 31.7 Å². The molecule has 2 N–H and O–H groups in total. The summed E-state index contributed by atoms with van der Waals surface area (Å²) in [5, 5.41) is 3.83. The number of nitrogens with two attached hydrogens (primary N) is 1. The van der Waals surface area contributed by atoms with Crippen molar-refractivity contribution >= 4 is 23.4 Å². The highest BCUT2D eigenvalue weighted by Gasteiger charge is 2.35. The number of likely N-dealkylation sites (tertiary alicyclic amines) is 1. The van der Waals surface area contributed by atoms with Crippen LogP contribution in [0.2, 0.25) is 5.15 Å². The first-order chi connectivity index (χ1) is 9.99. The first-order valence-corrected chi connectivity index (χ1v) is 7.07. The van der Waals surface area contributed by atoms with Gasteiger partial charge < -0.3 is 19.9 Å². The Balaban J connectivity index is 1.86. The van der Waals surface area contributed by atoms with Gasteiger partial charge >= 0.3 is 0 Å². The van der Waals surface area contributed by atoms with Crippen molar-refractivity contribution in [2.45, 2.75) is 25.4 Å². The number of hydrogen-bond donors (Lipinski definition) is 1. The SMILES string of the molecule is CO[C@H]1CN(C(=O)CCc2cc(Cl)no2)C[C@@H]1CC(N)=O. The maximum Gasteiger partial charge on any atom is 0.223 e. The standard InChI is InChI=1S/C13H18ClN3O4/c1-20-10-7-17(6-8(10)4-12(15)18)13(19)3-2-9-5-11(14)16-21-9/h5,8,10H,2-4,6-7H2,1H3,(H2,15,18)/t8-,10-/m0/s1. The van der Waals surface area contributed by atoms with E-state index >= 15 is 0 Å². The lowest BCUT2D eigenvalue weighted by Crippen LogP contribution is -2.30. The Morgan fingerprint density at radius 2 is 2.33 bits per heavy atom. The largest absolute Gasteiger partial charge is 0.379 e. The summed E-state index contributed by atoms with van der Waals surface area (Å²) < 4.78 is 10.3. The van der Waals surface area contributed by atoms with Crippen molar-refractivity contribution in [1.82, 2.24) is 10.1 Å². The molecule has 1 saturated heterocycles. The molecule has 8 heteroatoms. The molecule has 1 aromatic rings. The van der Waals surface area contributed by atoms with E-state index in [9.17, 15) is 9.59 Å². The summed E-state index contributed by atoms with van der Waals surface area (Å²) in [4.78, 5) is 24.9. The van der Waals surface area contributed by atoms with Crippen molar-refractivity contribution < 1.29 is 18.8 Å². The first kappa shape index (κ1) is 15.8. The van der Waals surface area contributed by atoms with Crippen LogP contribution in [0, 0.1) is 5.92 Å². The Bertz CT molecular complexity index is 519. The molecule has 1 aliphatic rings. The maximum absolute atomic E-state index is 12.2. The zero-order chi connectivity index (χ0) is 15.4. The van der Waals surface area contributed by atoms with Crippen molar-refractivity contribution in [2.75, 3.05) is 20.2 Å². The smallest absolute Gasteiger partial charge is 0.223 e. The minimum atomic E-state index is -0.382. The van der Waals surface area contributed by atoms with Gasteiger partial charge in [-0.25, -0.2) is 0 Å². The van der Waals surface area contributed by atoms with Crippen molar-refractivity contribution in [3.8, 4) is 0 Å². The lowest BCUT2D eigenvalue weighted by molar-refractivity contribution is -0.130. The van der Waals surface area contributed by atoms with E-state index in [1.165, 1.54) is 0 Å². The molecule has 116 valence electrons. The maximum atomic E-state index is 12.2. The second-order valence-corrected chi connectivity index (χ2v) is 5.51. The number of halogens is 1. The van der Waals surface area contributed by atoms with Crippen LogP contribution in [0.25, 0.3) is 0 Å². The summed E-state index contributed by atoms with van der Waals surface area (Å²) in [6.45, 7) is 0.960. The Kier molecular flexibility index (Phi) is 5.19. The zero-order valence-electron chi connectivity index (χ0n) is 11.8. The third-order valence-electron chi connectivity index (χ3n) is 3.62. The Hall–Kier alpha value is -1.60. The first-order valence-electron chi connectivity index (χ1n) is 6.69. The molecule has 0 unspecified atom stereocenters. The fraction of sp³-hybridized carbons (Fsp3) is 0.615. The Labute approximate surface area is 127 Å². The van der Waals surface area contributed by atoms with Crippen molar-refractivity contribution in [3.63, 3.8) is 0 Å². The predicted molar refractivity (Wildman–Crippen MR) is 74.5 cm³/mol. The van der Waals surface area contributed by atoms with Crippen LogP contribution < -0.4 is 5.73 Å². The van der Waals surface area contributed by atoms with Gasteiger partial charge in [-0.1, -0.05) is 16.8 Å². The van der Waals surface area contributed by atoms with Gasteiger partial charge in [-0.3, -0.25) is 9.59 Å². The third kappa shape index (κ3) is 4.18. The van der Waals surface area contributed by atoms with Crippen molar-refractivity contribution in [3.05, 3.63) is 17.0 Å². The summed E-state index contributed by atoms with van der Waals surface area (Å²) in [5.74, 6) is 0.130. The number of carbonyl (C=O) groups is 2. The van der Waals surface area contributed by atoms with Gasteiger partial charge in [0.05, 0.1) is 6.10 Å². The summed E-state index contributed by atoms with van der Waals surface area (Å²) in [5.41, 5.74) is 5.22. The summed E-state index contributed by atoms with van der Waals surface area (Å²) in [7, 11) is 1.57. The molecule has 0 aliphatic carbocycles. The van der Waals surface area contributed by atoms with Gasteiger partial charge in [-0.15, -0.1) is 0 Å². The number of rotatable bonds is 6. The molecule has 2 amide bonds. The van der Waals surface area contributed by atoms with Gasteiger partial charge in [-0.05, 0) is 0 Å². The summed E-state index contributed by atoms with van der Waals surface area (Å²) in [6.07, 6.45) is 0.805. The minimum Gasteiger partial charge on any atom is -0.379 e. The molecule has 1 aliphatic heterocycles. The van der Waals surface area contributed by atoms with Crippen molar-refractivity contribution in [2.24, 2.45) is 11.7 Å². The number of carbonyl (C=O) groups excluding carboxylic acids is 2. The van der Waals surface area contributed by atoms with Crippen LogP contribution in [0.3, 0.4) is 0 Å². The van der Waals surface area contributed by atoms with E-state index in [-0.39, 0.29) is 35.4 Å². The topological polar surface area (TPSA) is 98.7 Å². The molecule has 2 heterocycles. The number of primary amides is 1. The molecular weight excluding hydrogens is 298 g/mol. The second-order valence-electron chi connectivity index (χ2n) is 5.12. The lowest BCUT2D eigenvalue weighted by Gasteiger charge is -2.15. The molecule has 2 rings (SSSR count). The number of aromatic nitrogens is 1. The molecular formula is C13H18ClN3O4. The molecule has 1 fully saturated rings. The van der Waals surface area contributed by atoms with Crippen LogP contribution in [-0.4, -0.2) is 48.2 Å². The molecule has 0 bridgehead atoms. The fourth-order valence-electron chi connectivity index (χ4n) is 2.56. The highest BCUT2D eigenvalue weighted by atomic mass is 35.5. The predicted octanol–water partition coefficient (Wildman–Crippen LogP) is 0.609. The summed E-state index contributed by atoms with van der Waals surface area (Å²) >= 11 is 5.65. The van der Waals surface area contributed by atoms with Crippen molar-refractivity contribution in [1.29, 1.82) is 0 Å². The van der Waals surface area contributed by atoms with Gasteiger partial charge in [0.2, 0.25) is 11.8 Å². The molecule has 0 saturated carbocycles. The number of hydrogen-bond acceptors (Lipinski definition) is 5. The van der Waals surface area contributed by atoms with Crippen LogP contribution in [-0.2, 0) is 20.7 Å². The van der Waals surface area contributed by atoms with Crippen LogP contribution in [0.1, 0.15) is 18.6 Å². The molecule has 0 aromatic carbocycles.